The number of alkyl halides is 3. The maximum Gasteiger partial charge on any atom is 0.573 e. The molecule has 4 nitrogen and oxygen atoms in total. The molecule has 1 N–H and O–H groups in total. The van der Waals surface area contributed by atoms with Crippen molar-refractivity contribution in [3.05, 3.63) is 78.4 Å². The molecule has 152 valence electrons. The largest absolute Gasteiger partial charge is 0.573 e. The van der Waals surface area contributed by atoms with Crippen molar-refractivity contribution in [2.75, 3.05) is 0 Å². The first-order chi connectivity index (χ1) is 13.5. The Bertz CT molecular complexity index is 951. The molecule has 0 bridgehead atoms. The summed E-state index contributed by atoms with van der Waals surface area (Å²) in [6, 6.07) is 12.9. The number of halogens is 3. The van der Waals surface area contributed by atoms with Crippen LogP contribution in [0.3, 0.4) is 0 Å². The lowest BCUT2D eigenvalue weighted by molar-refractivity contribution is -0.274. The van der Waals surface area contributed by atoms with E-state index >= 15 is 0 Å². The van der Waals surface area contributed by atoms with Crippen LogP contribution in [0.4, 0.5) is 13.2 Å². The van der Waals surface area contributed by atoms with Crippen molar-refractivity contribution in [3.8, 4) is 16.9 Å². The Morgan fingerprint density at radius 2 is 1.24 bits per heavy atom. The van der Waals surface area contributed by atoms with Gasteiger partial charge in [-0.05, 0) is 34.2 Å². The van der Waals surface area contributed by atoms with Gasteiger partial charge in [-0.1, -0.05) is 57.2 Å². The first-order valence-corrected chi connectivity index (χ1v) is 8.95. The lowest BCUT2D eigenvalue weighted by Crippen LogP contribution is -2.41. The van der Waals surface area contributed by atoms with E-state index in [4.69, 9.17) is 0 Å². The maximum absolute atomic E-state index is 12.3. The highest BCUT2D eigenvalue weighted by Crippen LogP contribution is 2.44. The van der Waals surface area contributed by atoms with Crippen LogP contribution in [0.15, 0.2) is 67.3 Å². The first-order valence-electron chi connectivity index (χ1n) is 8.95. The summed E-state index contributed by atoms with van der Waals surface area (Å²) in [6.07, 6.45) is -0.138. The van der Waals surface area contributed by atoms with E-state index in [1.165, 1.54) is 18.5 Å². The van der Waals surface area contributed by atoms with Crippen LogP contribution in [0.1, 0.15) is 31.9 Å². The molecule has 0 saturated heterocycles. The summed E-state index contributed by atoms with van der Waals surface area (Å²) >= 11 is 0. The summed E-state index contributed by atoms with van der Waals surface area (Å²) in [5.74, 6) is -0.274. The highest BCUT2D eigenvalue weighted by atomic mass is 19.4. The minimum absolute atomic E-state index is 0.274. The lowest BCUT2D eigenvalue weighted by atomic mass is 9.69. The van der Waals surface area contributed by atoms with Gasteiger partial charge in [-0.3, -0.25) is 0 Å². The van der Waals surface area contributed by atoms with E-state index < -0.39 is 17.4 Å². The van der Waals surface area contributed by atoms with Crippen molar-refractivity contribution in [2.45, 2.75) is 32.7 Å². The number of hydrogen-bond acceptors (Lipinski definition) is 4. The van der Waals surface area contributed by atoms with Gasteiger partial charge in [0.2, 0.25) is 0 Å². The highest BCUT2D eigenvalue weighted by Gasteiger charge is 2.43. The number of nitrogens with zero attached hydrogens (tertiary/aromatic N) is 2. The molecule has 3 aromatic rings. The summed E-state index contributed by atoms with van der Waals surface area (Å²) in [4.78, 5) is 8.05. The van der Waals surface area contributed by atoms with Crippen LogP contribution >= 0.6 is 0 Å². The molecule has 1 heterocycles. The van der Waals surface area contributed by atoms with Crippen LogP contribution in [-0.4, -0.2) is 21.4 Å². The van der Waals surface area contributed by atoms with Crippen molar-refractivity contribution in [1.29, 1.82) is 0 Å². The molecule has 0 spiro atoms. The van der Waals surface area contributed by atoms with E-state index in [0.29, 0.717) is 11.1 Å². The number of ether oxygens (including phenoxy) is 1. The Morgan fingerprint density at radius 1 is 0.759 bits per heavy atom. The Hall–Kier alpha value is -2.93. The quantitative estimate of drug-likeness (QED) is 0.641. The Morgan fingerprint density at radius 3 is 1.69 bits per heavy atom. The van der Waals surface area contributed by atoms with Gasteiger partial charge in [-0.15, -0.1) is 13.2 Å². The molecule has 0 radical (unpaired) electrons. The molecule has 0 aliphatic rings. The van der Waals surface area contributed by atoms with Crippen LogP contribution in [0.2, 0.25) is 0 Å². The summed E-state index contributed by atoms with van der Waals surface area (Å²) in [6.45, 7) is 5.77. The van der Waals surface area contributed by atoms with Crippen LogP contribution in [0.25, 0.3) is 11.1 Å². The van der Waals surface area contributed by atoms with E-state index in [9.17, 15) is 18.3 Å². The van der Waals surface area contributed by atoms with Crippen molar-refractivity contribution < 1.29 is 23.0 Å². The summed E-state index contributed by atoms with van der Waals surface area (Å²) in [5.41, 5.74) is 0.906. The predicted molar refractivity (Wildman–Crippen MR) is 103 cm³/mol. The van der Waals surface area contributed by atoms with Gasteiger partial charge in [0.1, 0.15) is 17.7 Å². The van der Waals surface area contributed by atoms with Crippen molar-refractivity contribution in [1.82, 2.24) is 9.97 Å². The van der Waals surface area contributed by atoms with Gasteiger partial charge in [-0.2, -0.15) is 0 Å². The first kappa shape index (κ1) is 20.8. The molecule has 0 aliphatic heterocycles. The third-order valence-corrected chi connectivity index (χ3v) is 4.79. The van der Waals surface area contributed by atoms with E-state index in [0.717, 1.165) is 11.1 Å². The zero-order chi connectivity index (χ0) is 21.3. The third kappa shape index (κ3) is 4.40. The average Bonchev–Trinajstić information content (AvgIpc) is 2.67. The van der Waals surface area contributed by atoms with E-state index in [2.05, 4.69) is 14.7 Å². The standard InChI is InChI=1S/C22H21F3N2O2/c1-20(2,3)21(28,18-12-26-14-27-13-18)17-8-4-15(5-9-17)16-6-10-19(11-7-16)29-22(23,24)25/h4-14,28H,1-3H3/t21-/m1/s1. The summed E-state index contributed by atoms with van der Waals surface area (Å²) < 4.78 is 40.8. The van der Waals surface area contributed by atoms with E-state index in [1.54, 1.807) is 36.7 Å². The molecule has 0 amide bonds. The van der Waals surface area contributed by atoms with Crippen molar-refractivity contribution in [3.63, 3.8) is 0 Å². The topological polar surface area (TPSA) is 55.2 Å². The van der Waals surface area contributed by atoms with Gasteiger partial charge in [-0.25, -0.2) is 9.97 Å². The molecular formula is C22H21F3N2O2. The SMILES string of the molecule is CC(C)(C)[C@@](O)(c1ccc(-c2ccc(OC(F)(F)F)cc2)cc1)c1cncnc1. The number of benzene rings is 2. The highest BCUT2D eigenvalue weighted by molar-refractivity contribution is 5.65. The van der Waals surface area contributed by atoms with E-state index in [1.807, 2.05) is 32.9 Å². The van der Waals surface area contributed by atoms with Crippen LogP contribution in [0.5, 0.6) is 5.75 Å². The number of aromatic nitrogens is 2. The van der Waals surface area contributed by atoms with Crippen LogP contribution in [0, 0.1) is 5.41 Å². The summed E-state index contributed by atoms with van der Waals surface area (Å²) in [7, 11) is 0. The molecule has 2 aromatic carbocycles. The monoisotopic (exact) mass is 402 g/mol. The zero-order valence-electron chi connectivity index (χ0n) is 16.2. The molecule has 7 heteroatoms. The van der Waals surface area contributed by atoms with Gasteiger partial charge < -0.3 is 9.84 Å². The fourth-order valence-electron chi connectivity index (χ4n) is 3.27. The van der Waals surface area contributed by atoms with Gasteiger partial charge in [0, 0.05) is 18.0 Å². The minimum Gasteiger partial charge on any atom is -0.406 e. The number of aliphatic hydroxyl groups is 1. The van der Waals surface area contributed by atoms with Gasteiger partial charge in [0.25, 0.3) is 0 Å². The fourth-order valence-corrected chi connectivity index (χ4v) is 3.27. The van der Waals surface area contributed by atoms with Gasteiger partial charge >= 0.3 is 6.36 Å². The summed E-state index contributed by atoms with van der Waals surface area (Å²) in [5, 5.41) is 11.6. The molecule has 1 aromatic heterocycles. The molecular weight excluding hydrogens is 381 g/mol. The Kier molecular flexibility index (Phi) is 5.36. The Labute approximate surface area is 167 Å². The molecule has 0 unspecified atom stereocenters. The second-order valence-corrected chi connectivity index (χ2v) is 7.74. The lowest BCUT2D eigenvalue weighted by Gasteiger charge is -2.40. The average molecular weight is 402 g/mol. The molecule has 29 heavy (non-hydrogen) atoms. The van der Waals surface area contributed by atoms with Gasteiger partial charge in [0.05, 0.1) is 0 Å². The molecule has 1 atom stereocenters. The smallest absolute Gasteiger partial charge is 0.406 e. The second-order valence-electron chi connectivity index (χ2n) is 7.74. The van der Waals surface area contributed by atoms with Crippen LogP contribution in [-0.2, 0) is 5.60 Å². The van der Waals surface area contributed by atoms with Gasteiger partial charge in [0.15, 0.2) is 0 Å². The molecule has 0 fully saturated rings. The molecule has 3 rings (SSSR count). The Balaban J connectivity index is 1.93. The number of hydrogen-bond donors (Lipinski definition) is 1. The van der Waals surface area contributed by atoms with Crippen molar-refractivity contribution >= 4 is 0 Å². The van der Waals surface area contributed by atoms with Crippen molar-refractivity contribution in [2.24, 2.45) is 5.41 Å². The van der Waals surface area contributed by atoms with Crippen LogP contribution < -0.4 is 4.74 Å². The molecule has 0 saturated carbocycles. The zero-order valence-corrected chi connectivity index (χ0v) is 16.2. The number of rotatable bonds is 4. The second kappa shape index (κ2) is 7.48. The maximum atomic E-state index is 12.3. The third-order valence-electron chi connectivity index (χ3n) is 4.79. The molecule has 0 aliphatic carbocycles. The fraction of sp³-hybridized carbons (Fsp3) is 0.273. The normalized spacial score (nSPS) is 14.3. The van der Waals surface area contributed by atoms with E-state index in [-0.39, 0.29) is 5.75 Å². The minimum atomic E-state index is -4.72. The predicted octanol–water partition coefficient (Wildman–Crippen LogP) is 5.32.